The second-order valence-electron chi connectivity index (χ2n) is 4.10. The average Bonchev–Trinajstić information content (AvgIpc) is 2.47. The third-order valence-corrected chi connectivity index (χ3v) is 2.63. The van der Waals surface area contributed by atoms with Gasteiger partial charge in [-0.05, 0) is 17.7 Å². The van der Waals surface area contributed by atoms with E-state index >= 15 is 0 Å². The van der Waals surface area contributed by atoms with Gasteiger partial charge in [0.05, 0.1) is 17.2 Å². The number of aromatic nitrogens is 2. The summed E-state index contributed by atoms with van der Waals surface area (Å²) < 4.78 is 0. The molecule has 0 aliphatic carbocycles. The first-order chi connectivity index (χ1) is 9.20. The van der Waals surface area contributed by atoms with Gasteiger partial charge in [-0.2, -0.15) is 5.26 Å². The van der Waals surface area contributed by atoms with Crippen LogP contribution in [0.15, 0.2) is 43.0 Å². The summed E-state index contributed by atoms with van der Waals surface area (Å²) in [6.45, 7) is 0.434. The van der Waals surface area contributed by atoms with Crippen LogP contribution in [0.25, 0.3) is 0 Å². The molecule has 0 saturated heterocycles. The number of amides is 1. The molecule has 0 bridgehead atoms. The molecule has 0 radical (unpaired) electrons. The van der Waals surface area contributed by atoms with Crippen molar-refractivity contribution in [3.63, 3.8) is 0 Å². The van der Waals surface area contributed by atoms with Crippen molar-refractivity contribution < 1.29 is 4.79 Å². The summed E-state index contributed by atoms with van der Waals surface area (Å²) in [4.78, 5) is 21.3. The molecule has 0 fully saturated rings. The SMILES string of the molecule is CN(Cc1cccc(C#N)c1)C(=O)c1cncnc1. The van der Waals surface area contributed by atoms with Gasteiger partial charge in [-0.1, -0.05) is 12.1 Å². The molecule has 1 amide bonds. The summed E-state index contributed by atoms with van der Waals surface area (Å²) in [5.74, 6) is -0.150. The molecule has 0 saturated carbocycles. The lowest BCUT2D eigenvalue weighted by Gasteiger charge is -2.17. The molecule has 2 aromatic rings. The second-order valence-corrected chi connectivity index (χ2v) is 4.10. The topological polar surface area (TPSA) is 69.9 Å². The fraction of sp³-hybridized carbons (Fsp3) is 0.143. The van der Waals surface area contributed by atoms with Gasteiger partial charge in [-0.25, -0.2) is 9.97 Å². The molecule has 1 aromatic carbocycles. The summed E-state index contributed by atoms with van der Waals surface area (Å²) in [7, 11) is 1.70. The molecule has 0 N–H and O–H groups in total. The normalized spacial score (nSPS) is 9.68. The Morgan fingerprint density at radius 1 is 1.37 bits per heavy atom. The number of carbonyl (C=O) groups is 1. The minimum Gasteiger partial charge on any atom is -0.337 e. The lowest BCUT2D eigenvalue weighted by atomic mass is 10.1. The van der Waals surface area contributed by atoms with Crippen LogP contribution in [-0.4, -0.2) is 27.8 Å². The minimum atomic E-state index is -0.150. The monoisotopic (exact) mass is 252 g/mol. The van der Waals surface area contributed by atoms with E-state index in [4.69, 9.17) is 5.26 Å². The molecule has 94 valence electrons. The van der Waals surface area contributed by atoms with Crippen molar-refractivity contribution >= 4 is 5.91 Å². The Kier molecular flexibility index (Phi) is 3.84. The largest absolute Gasteiger partial charge is 0.337 e. The predicted molar refractivity (Wildman–Crippen MR) is 69.0 cm³/mol. The van der Waals surface area contributed by atoms with Crippen LogP contribution in [0.5, 0.6) is 0 Å². The molecule has 0 unspecified atom stereocenters. The highest BCUT2D eigenvalue weighted by Gasteiger charge is 2.12. The summed E-state index contributed by atoms with van der Waals surface area (Å²) in [5, 5.41) is 8.84. The Hall–Kier alpha value is -2.74. The van der Waals surface area contributed by atoms with Gasteiger partial charge in [0.1, 0.15) is 6.33 Å². The maximum absolute atomic E-state index is 12.1. The van der Waals surface area contributed by atoms with E-state index < -0.39 is 0 Å². The van der Waals surface area contributed by atoms with Gasteiger partial charge in [0.25, 0.3) is 5.91 Å². The van der Waals surface area contributed by atoms with Gasteiger partial charge in [0.2, 0.25) is 0 Å². The number of hydrogen-bond acceptors (Lipinski definition) is 4. The van der Waals surface area contributed by atoms with Gasteiger partial charge in [0.15, 0.2) is 0 Å². The lowest BCUT2D eigenvalue weighted by molar-refractivity contribution is 0.0784. The highest BCUT2D eigenvalue weighted by Crippen LogP contribution is 2.09. The number of rotatable bonds is 3. The zero-order valence-corrected chi connectivity index (χ0v) is 10.4. The molecule has 1 heterocycles. The molecule has 0 spiro atoms. The average molecular weight is 252 g/mol. The smallest absolute Gasteiger partial charge is 0.257 e. The Bertz CT molecular complexity index is 619. The van der Waals surface area contributed by atoms with Gasteiger partial charge in [0, 0.05) is 26.0 Å². The first-order valence-electron chi connectivity index (χ1n) is 5.70. The third-order valence-electron chi connectivity index (χ3n) is 2.63. The van der Waals surface area contributed by atoms with Crippen LogP contribution >= 0.6 is 0 Å². The van der Waals surface area contributed by atoms with Crippen LogP contribution in [0.1, 0.15) is 21.5 Å². The van der Waals surface area contributed by atoms with E-state index in [0.717, 1.165) is 5.56 Å². The number of nitrogens with zero attached hydrogens (tertiary/aromatic N) is 4. The van der Waals surface area contributed by atoms with E-state index in [1.165, 1.54) is 18.7 Å². The zero-order chi connectivity index (χ0) is 13.7. The number of nitriles is 1. The minimum absolute atomic E-state index is 0.150. The summed E-state index contributed by atoms with van der Waals surface area (Å²) in [5.41, 5.74) is 1.94. The highest BCUT2D eigenvalue weighted by molar-refractivity contribution is 5.93. The number of benzene rings is 1. The predicted octanol–water partition coefficient (Wildman–Crippen LogP) is 1.62. The lowest BCUT2D eigenvalue weighted by Crippen LogP contribution is -2.26. The maximum atomic E-state index is 12.1. The first-order valence-corrected chi connectivity index (χ1v) is 5.70. The van der Waals surface area contributed by atoms with Crippen molar-refractivity contribution in [3.8, 4) is 6.07 Å². The Balaban J connectivity index is 2.11. The standard InChI is InChI=1S/C14H12N4O/c1-18(14(19)13-7-16-10-17-8-13)9-12-4-2-3-11(5-12)6-15/h2-5,7-8,10H,9H2,1H3. The van der Waals surface area contributed by atoms with E-state index in [9.17, 15) is 4.79 Å². The van der Waals surface area contributed by atoms with Crippen LogP contribution in [0, 0.1) is 11.3 Å². The van der Waals surface area contributed by atoms with Crippen molar-refractivity contribution in [3.05, 3.63) is 59.7 Å². The van der Waals surface area contributed by atoms with E-state index in [-0.39, 0.29) is 5.91 Å². The van der Waals surface area contributed by atoms with Gasteiger partial charge in [-0.3, -0.25) is 4.79 Å². The summed E-state index contributed by atoms with van der Waals surface area (Å²) >= 11 is 0. The molecule has 0 aliphatic heterocycles. The quantitative estimate of drug-likeness (QED) is 0.832. The van der Waals surface area contributed by atoms with Crippen molar-refractivity contribution in [2.75, 3.05) is 7.05 Å². The van der Waals surface area contributed by atoms with E-state index in [1.54, 1.807) is 30.1 Å². The first kappa shape index (κ1) is 12.7. The highest BCUT2D eigenvalue weighted by atomic mass is 16.2. The molecule has 5 heteroatoms. The number of hydrogen-bond donors (Lipinski definition) is 0. The fourth-order valence-electron chi connectivity index (χ4n) is 1.71. The Morgan fingerprint density at radius 2 is 2.11 bits per heavy atom. The molecule has 5 nitrogen and oxygen atoms in total. The Labute approximate surface area is 111 Å². The van der Waals surface area contributed by atoms with Gasteiger partial charge in [-0.15, -0.1) is 0 Å². The van der Waals surface area contributed by atoms with E-state index in [0.29, 0.717) is 17.7 Å². The third kappa shape index (κ3) is 3.13. The van der Waals surface area contributed by atoms with Crippen LogP contribution < -0.4 is 0 Å². The summed E-state index contributed by atoms with van der Waals surface area (Å²) in [6.07, 6.45) is 4.35. The van der Waals surface area contributed by atoms with Gasteiger partial charge < -0.3 is 4.90 Å². The molecule has 2 rings (SSSR count). The molecule has 0 aliphatic rings. The van der Waals surface area contributed by atoms with E-state index in [1.807, 2.05) is 6.07 Å². The molecular formula is C14H12N4O. The van der Waals surface area contributed by atoms with Crippen LogP contribution in [0.3, 0.4) is 0 Å². The van der Waals surface area contributed by atoms with Crippen LogP contribution in [0.4, 0.5) is 0 Å². The fourth-order valence-corrected chi connectivity index (χ4v) is 1.71. The van der Waals surface area contributed by atoms with Crippen molar-refractivity contribution in [2.24, 2.45) is 0 Å². The van der Waals surface area contributed by atoms with Crippen molar-refractivity contribution in [1.82, 2.24) is 14.9 Å². The van der Waals surface area contributed by atoms with Gasteiger partial charge >= 0.3 is 0 Å². The second kappa shape index (κ2) is 5.74. The van der Waals surface area contributed by atoms with Crippen LogP contribution in [-0.2, 0) is 6.54 Å². The molecular weight excluding hydrogens is 240 g/mol. The van der Waals surface area contributed by atoms with Crippen LogP contribution in [0.2, 0.25) is 0 Å². The van der Waals surface area contributed by atoms with Crippen molar-refractivity contribution in [1.29, 1.82) is 5.26 Å². The van der Waals surface area contributed by atoms with E-state index in [2.05, 4.69) is 16.0 Å². The Morgan fingerprint density at radius 3 is 2.79 bits per heavy atom. The maximum Gasteiger partial charge on any atom is 0.257 e. The number of carbonyl (C=O) groups excluding carboxylic acids is 1. The molecule has 0 atom stereocenters. The molecule has 1 aromatic heterocycles. The zero-order valence-electron chi connectivity index (χ0n) is 10.4. The van der Waals surface area contributed by atoms with Crippen molar-refractivity contribution in [2.45, 2.75) is 6.54 Å². The summed E-state index contributed by atoms with van der Waals surface area (Å²) in [6, 6.07) is 9.26. The molecule has 19 heavy (non-hydrogen) atoms.